The van der Waals surface area contributed by atoms with E-state index in [1.54, 1.807) is 4.90 Å². The number of likely N-dealkylation sites (tertiary alicyclic amines) is 1. The van der Waals surface area contributed by atoms with Gasteiger partial charge in [0.05, 0.1) is 0 Å². The number of nitrogens with one attached hydrogen (secondary N) is 2. The Balaban J connectivity index is 1.32. The predicted molar refractivity (Wildman–Crippen MR) is 97.0 cm³/mol. The number of nitrogens with zero attached hydrogens (tertiary/aromatic N) is 2. The van der Waals surface area contributed by atoms with E-state index in [2.05, 4.69) is 47.1 Å². The van der Waals surface area contributed by atoms with E-state index < -0.39 is 12.5 Å². The number of aliphatic hydroxyl groups excluding tert-OH is 2. The standard InChI is InChI=1S/C19H30N4O2/c1-2-3-4-5-6-7-8-14-20-19(22-21-14)23-17(24)15-12-9-10-13(11-12)16(15)18(23)25/h3-4,9-10,12-13,15-19,22,24-25H,2,5-8,11H2,1H3,(H,20,21)/b4-3-. The number of amidine groups is 1. The second-order valence-corrected chi connectivity index (χ2v) is 7.72. The summed E-state index contributed by atoms with van der Waals surface area (Å²) >= 11 is 0. The zero-order chi connectivity index (χ0) is 17.4. The summed E-state index contributed by atoms with van der Waals surface area (Å²) in [6.45, 7) is 2.15. The molecule has 138 valence electrons. The van der Waals surface area contributed by atoms with Gasteiger partial charge in [-0.05, 0) is 43.9 Å². The Labute approximate surface area is 149 Å². The predicted octanol–water partition coefficient (Wildman–Crippen LogP) is 1.69. The first-order valence-electron chi connectivity index (χ1n) is 9.76. The first-order chi connectivity index (χ1) is 12.2. The van der Waals surface area contributed by atoms with Gasteiger partial charge in [-0.2, -0.15) is 5.43 Å². The van der Waals surface area contributed by atoms with Gasteiger partial charge in [-0.3, -0.25) is 0 Å². The fourth-order valence-electron chi connectivity index (χ4n) is 5.05. The Kier molecular flexibility index (Phi) is 4.95. The van der Waals surface area contributed by atoms with Gasteiger partial charge in [0, 0.05) is 18.3 Å². The molecule has 7 atom stereocenters. The maximum absolute atomic E-state index is 10.8. The molecule has 25 heavy (non-hydrogen) atoms. The largest absolute Gasteiger partial charge is 0.378 e. The Morgan fingerprint density at radius 2 is 1.88 bits per heavy atom. The van der Waals surface area contributed by atoms with Gasteiger partial charge < -0.3 is 15.6 Å². The van der Waals surface area contributed by atoms with Gasteiger partial charge in [0.1, 0.15) is 18.3 Å². The molecule has 0 radical (unpaired) electrons. The first-order valence-corrected chi connectivity index (χ1v) is 9.76. The molecule has 6 nitrogen and oxygen atoms in total. The van der Waals surface area contributed by atoms with Crippen LogP contribution in [0.2, 0.25) is 0 Å². The van der Waals surface area contributed by atoms with E-state index in [1.807, 2.05) is 0 Å². The van der Waals surface area contributed by atoms with Crippen LogP contribution in [-0.4, -0.2) is 39.7 Å². The van der Waals surface area contributed by atoms with E-state index in [1.165, 1.54) is 0 Å². The van der Waals surface area contributed by atoms with Gasteiger partial charge in [0.2, 0.25) is 0 Å². The summed E-state index contributed by atoms with van der Waals surface area (Å²) in [5.74, 6) is 1.99. The van der Waals surface area contributed by atoms with Gasteiger partial charge in [-0.1, -0.05) is 31.2 Å². The van der Waals surface area contributed by atoms with Crippen LogP contribution in [0.3, 0.4) is 0 Å². The number of unbranched alkanes of at least 4 members (excludes halogenated alkanes) is 2. The van der Waals surface area contributed by atoms with E-state index in [-0.39, 0.29) is 18.1 Å². The Hall–Kier alpha value is -1.21. The van der Waals surface area contributed by atoms with Crippen LogP contribution in [0.15, 0.2) is 29.3 Å². The lowest BCUT2D eigenvalue weighted by atomic mass is 9.84. The molecule has 2 heterocycles. The molecule has 2 aliphatic heterocycles. The minimum Gasteiger partial charge on any atom is -0.378 e. The highest BCUT2D eigenvalue weighted by Crippen LogP contribution is 2.55. The molecule has 2 aliphatic carbocycles. The van der Waals surface area contributed by atoms with Gasteiger partial charge in [-0.25, -0.2) is 9.89 Å². The van der Waals surface area contributed by atoms with Crippen molar-refractivity contribution in [2.24, 2.45) is 28.7 Å². The van der Waals surface area contributed by atoms with Crippen molar-refractivity contribution in [3.8, 4) is 0 Å². The third-order valence-electron chi connectivity index (χ3n) is 6.23. The molecular formula is C19H30N4O2. The number of aliphatic hydroxyl groups is 2. The Bertz CT molecular complexity index is 552. The molecule has 0 spiro atoms. The van der Waals surface area contributed by atoms with Gasteiger partial charge in [0.15, 0.2) is 6.29 Å². The average Bonchev–Trinajstić information content (AvgIpc) is 3.36. The highest BCUT2D eigenvalue weighted by atomic mass is 16.3. The molecule has 7 unspecified atom stereocenters. The second-order valence-electron chi connectivity index (χ2n) is 7.72. The quantitative estimate of drug-likeness (QED) is 0.417. The summed E-state index contributed by atoms with van der Waals surface area (Å²) in [5.41, 5.74) is 6.26. The summed E-state index contributed by atoms with van der Waals surface area (Å²) in [6.07, 6.45) is 13.6. The lowest BCUT2D eigenvalue weighted by Crippen LogP contribution is -2.52. The molecule has 1 saturated heterocycles. The zero-order valence-electron chi connectivity index (χ0n) is 14.9. The number of fused-ring (bicyclic) bond motifs is 5. The van der Waals surface area contributed by atoms with Gasteiger partial charge >= 0.3 is 0 Å². The van der Waals surface area contributed by atoms with Crippen molar-refractivity contribution in [1.29, 1.82) is 0 Å². The van der Waals surface area contributed by atoms with Crippen LogP contribution in [-0.2, 0) is 0 Å². The second kappa shape index (κ2) is 7.19. The van der Waals surface area contributed by atoms with Crippen molar-refractivity contribution in [2.75, 3.05) is 0 Å². The Morgan fingerprint density at radius 3 is 2.56 bits per heavy atom. The first kappa shape index (κ1) is 17.2. The summed E-state index contributed by atoms with van der Waals surface area (Å²) in [7, 11) is 0. The van der Waals surface area contributed by atoms with Crippen LogP contribution >= 0.6 is 0 Å². The zero-order valence-corrected chi connectivity index (χ0v) is 14.9. The molecule has 2 bridgehead atoms. The summed E-state index contributed by atoms with van der Waals surface area (Å²) in [6, 6.07) is 0. The molecule has 2 fully saturated rings. The van der Waals surface area contributed by atoms with Crippen LogP contribution in [0.1, 0.15) is 45.4 Å². The molecule has 6 heteroatoms. The minimum atomic E-state index is -0.637. The number of hydrogen-bond donors (Lipinski definition) is 4. The van der Waals surface area contributed by atoms with Crippen LogP contribution in [0.4, 0.5) is 0 Å². The van der Waals surface area contributed by atoms with Crippen LogP contribution in [0, 0.1) is 23.7 Å². The number of allylic oxidation sites excluding steroid dienone is 4. The SMILES string of the molecule is CC/C=C\CCCCC1=NC(N2C(O)C3C4C=CC(C4)C3C2O)NN1. The van der Waals surface area contributed by atoms with Crippen molar-refractivity contribution in [2.45, 2.75) is 64.2 Å². The molecule has 0 amide bonds. The number of hydrogen-bond acceptors (Lipinski definition) is 6. The molecule has 0 aromatic heterocycles. The van der Waals surface area contributed by atoms with Gasteiger partial charge in [0.25, 0.3) is 0 Å². The fourth-order valence-corrected chi connectivity index (χ4v) is 5.05. The van der Waals surface area contributed by atoms with Crippen LogP contribution in [0.25, 0.3) is 0 Å². The molecule has 0 aromatic rings. The number of aliphatic imine (C=N–C) groups is 1. The normalized spacial score (nSPS) is 42.4. The van der Waals surface area contributed by atoms with E-state index in [0.29, 0.717) is 11.8 Å². The van der Waals surface area contributed by atoms with Gasteiger partial charge in [-0.15, -0.1) is 0 Å². The lowest BCUT2D eigenvalue weighted by molar-refractivity contribution is -0.103. The van der Waals surface area contributed by atoms with Crippen LogP contribution in [0.5, 0.6) is 0 Å². The van der Waals surface area contributed by atoms with Crippen molar-refractivity contribution >= 4 is 5.84 Å². The maximum Gasteiger partial charge on any atom is 0.178 e. The van der Waals surface area contributed by atoms with Crippen molar-refractivity contribution in [3.05, 3.63) is 24.3 Å². The monoisotopic (exact) mass is 346 g/mol. The minimum absolute atomic E-state index is 0.136. The maximum atomic E-state index is 10.8. The van der Waals surface area contributed by atoms with E-state index in [0.717, 1.165) is 44.4 Å². The highest BCUT2D eigenvalue weighted by molar-refractivity contribution is 5.83. The molecule has 1 saturated carbocycles. The fraction of sp³-hybridized carbons (Fsp3) is 0.737. The average molecular weight is 346 g/mol. The molecule has 4 aliphatic rings. The van der Waals surface area contributed by atoms with Crippen molar-refractivity contribution in [1.82, 2.24) is 15.8 Å². The number of rotatable bonds is 7. The highest BCUT2D eigenvalue weighted by Gasteiger charge is 2.60. The van der Waals surface area contributed by atoms with E-state index in [9.17, 15) is 10.2 Å². The molecule has 4 N–H and O–H groups in total. The van der Waals surface area contributed by atoms with E-state index >= 15 is 0 Å². The number of hydrazine groups is 1. The molecular weight excluding hydrogens is 316 g/mol. The Morgan fingerprint density at radius 1 is 1.16 bits per heavy atom. The lowest BCUT2D eigenvalue weighted by Gasteiger charge is -2.30. The van der Waals surface area contributed by atoms with E-state index in [4.69, 9.17) is 0 Å². The summed E-state index contributed by atoms with van der Waals surface area (Å²) in [4.78, 5) is 6.41. The topological polar surface area (TPSA) is 80.1 Å². The van der Waals surface area contributed by atoms with Crippen molar-refractivity contribution < 1.29 is 10.2 Å². The third-order valence-corrected chi connectivity index (χ3v) is 6.23. The summed E-state index contributed by atoms with van der Waals surface area (Å²) < 4.78 is 0. The summed E-state index contributed by atoms with van der Waals surface area (Å²) in [5, 5.41) is 21.6. The van der Waals surface area contributed by atoms with Crippen LogP contribution < -0.4 is 10.9 Å². The van der Waals surface area contributed by atoms with Crippen molar-refractivity contribution in [3.63, 3.8) is 0 Å². The molecule has 4 rings (SSSR count). The smallest absolute Gasteiger partial charge is 0.178 e. The molecule has 0 aromatic carbocycles. The third kappa shape index (κ3) is 3.05.